The Kier molecular flexibility index (Phi) is 3.41. The molecular formula is C13H18N6. The van der Waals surface area contributed by atoms with Crippen molar-refractivity contribution in [3.05, 3.63) is 36.8 Å². The molecule has 19 heavy (non-hydrogen) atoms. The van der Waals surface area contributed by atoms with Crippen LogP contribution < -0.4 is 4.90 Å². The lowest BCUT2D eigenvalue weighted by atomic mass is 10.3. The average Bonchev–Trinajstić information content (AvgIpc) is 2.86. The lowest BCUT2D eigenvalue weighted by Gasteiger charge is -2.34. The molecule has 3 heterocycles. The lowest BCUT2D eigenvalue weighted by molar-refractivity contribution is 0.241. The molecule has 0 atom stereocenters. The van der Waals surface area contributed by atoms with Gasteiger partial charge in [0, 0.05) is 58.0 Å². The van der Waals surface area contributed by atoms with E-state index in [1.165, 1.54) is 0 Å². The number of hydrogen-bond acceptors (Lipinski definition) is 5. The standard InChI is InChI=1S/C13H18N6/c1-17-5-4-16-13(17)11-18-6-8-19(9-7-18)12-10-14-2-3-15-12/h2-5,10H,6-9,11H2,1H3. The summed E-state index contributed by atoms with van der Waals surface area (Å²) in [5, 5.41) is 0. The number of rotatable bonds is 3. The van der Waals surface area contributed by atoms with Gasteiger partial charge in [0.1, 0.15) is 11.6 Å². The summed E-state index contributed by atoms with van der Waals surface area (Å²) in [6.45, 7) is 4.96. The highest BCUT2D eigenvalue weighted by molar-refractivity contribution is 5.35. The minimum Gasteiger partial charge on any atom is -0.353 e. The molecule has 6 heteroatoms. The fraction of sp³-hybridized carbons (Fsp3) is 0.462. The van der Waals surface area contributed by atoms with Gasteiger partial charge >= 0.3 is 0 Å². The first-order valence-electron chi connectivity index (χ1n) is 6.52. The summed E-state index contributed by atoms with van der Waals surface area (Å²) in [5.41, 5.74) is 0. The quantitative estimate of drug-likeness (QED) is 0.804. The molecule has 100 valence electrons. The third-order valence-corrected chi connectivity index (χ3v) is 3.53. The summed E-state index contributed by atoms with van der Waals surface area (Å²) in [7, 11) is 2.04. The molecule has 1 saturated heterocycles. The van der Waals surface area contributed by atoms with E-state index >= 15 is 0 Å². The van der Waals surface area contributed by atoms with Crippen molar-refractivity contribution in [2.75, 3.05) is 31.1 Å². The molecule has 2 aromatic rings. The van der Waals surface area contributed by atoms with Crippen molar-refractivity contribution in [3.8, 4) is 0 Å². The molecule has 3 rings (SSSR count). The second-order valence-corrected chi connectivity index (χ2v) is 4.78. The molecule has 0 amide bonds. The summed E-state index contributed by atoms with van der Waals surface area (Å²) in [6, 6.07) is 0. The first kappa shape index (κ1) is 12.1. The number of aromatic nitrogens is 4. The van der Waals surface area contributed by atoms with Crippen LogP contribution in [0.1, 0.15) is 5.82 Å². The Bertz CT molecular complexity index is 515. The van der Waals surface area contributed by atoms with Gasteiger partial charge in [-0.1, -0.05) is 0 Å². The molecule has 0 aliphatic carbocycles. The molecule has 0 bridgehead atoms. The van der Waals surface area contributed by atoms with Gasteiger partial charge in [0.15, 0.2) is 0 Å². The van der Waals surface area contributed by atoms with Crippen LogP contribution in [0.15, 0.2) is 31.0 Å². The van der Waals surface area contributed by atoms with E-state index in [1.807, 2.05) is 25.6 Å². The third kappa shape index (κ3) is 2.73. The predicted molar refractivity (Wildman–Crippen MR) is 72.7 cm³/mol. The minimum absolute atomic E-state index is 0.914. The molecule has 0 aromatic carbocycles. The zero-order valence-corrected chi connectivity index (χ0v) is 11.1. The molecule has 0 unspecified atom stereocenters. The van der Waals surface area contributed by atoms with Crippen LogP contribution in [-0.2, 0) is 13.6 Å². The highest BCUT2D eigenvalue weighted by Gasteiger charge is 2.18. The van der Waals surface area contributed by atoms with Gasteiger partial charge in [-0.05, 0) is 0 Å². The Balaban J connectivity index is 1.57. The summed E-state index contributed by atoms with van der Waals surface area (Å²) >= 11 is 0. The molecule has 2 aromatic heterocycles. The highest BCUT2D eigenvalue weighted by atomic mass is 15.3. The van der Waals surface area contributed by atoms with Crippen molar-refractivity contribution in [2.24, 2.45) is 7.05 Å². The van der Waals surface area contributed by atoms with E-state index < -0.39 is 0 Å². The number of anilines is 1. The smallest absolute Gasteiger partial charge is 0.147 e. The number of hydrogen-bond donors (Lipinski definition) is 0. The molecule has 0 spiro atoms. The molecule has 1 aliphatic rings. The Hall–Kier alpha value is -1.95. The zero-order chi connectivity index (χ0) is 13.1. The van der Waals surface area contributed by atoms with Gasteiger partial charge in [0.2, 0.25) is 0 Å². The van der Waals surface area contributed by atoms with Crippen LogP contribution in [-0.4, -0.2) is 50.6 Å². The van der Waals surface area contributed by atoms with E-state index in [4.69, 9.17) is 0 Å². The predicted octanol–water partition coefficient (Wildman–Crippen LogP) is 0.532. The van der Waals surface area contributed by atoms with Crippen LogP contribution in [0.2, 0.25) is 0 Å². The molecule has 6 nitrogen and oxygen atoms in total. The van der Waals surface area contributed by atoms with Crippen molar-refractivity contribution in [1.82, 2.24) is 24.4 Å². The summed E-state index contributed by atoms with van der Waals surface area (Å²) in [4.78, 5) is 17.5. The minimum atomic E-state index is 0.914. The van der Waals surface area contributed by atoms with E-state index in [0.29, 0.717) is 0 Å². The van der Waals surface area contributed by atoms with Gasteiger partial charge in [0.05, 0.1) is 12.7 Å². The second kappa shape index (κ2) is 5.36. The maximum absolute atomic E-state index is 4.37. The van der Waals surface area contributed by atoms with Crippen LogP contribution in [0.3, 0.4) is 0 Å². The summed E-state index contributed by atoms with van der Waals surface area (Å²) in [6.07, 6.45) is 9.13. The van der Waals surface area contributed by atoms with Gasteiger partial charge in [-0.25, -0.2) is 9.97 Å². The van der Waals surface area contributed by atoms with Crippen molar-refractivity contribution in [2.45, 2.75) is 6.54 Å². The second-order valence-electron chi connectivity index (χ2n) is 4.78. The Morgan fingerprint density at radius 3 is 2.53 bits per heavy atom. The van der Waals surface area contributed by atoms with E-state index in [9.17, 15) is 0 Å². The third-order valence-electron chi connectivity index (χ3n) is 3.53. The van der Waals surface area contributed by atoms with Gasteiger partial charge in [-0.2, -0.15) is 0 Å². The van der Waals surface area contributed by atoms with Crippen LogP contribution in [0.5, 0.6) is 0 Å². The van der Waals surface area contributed by atoms with Gasteiger partial charge in [-0.3, -0.25) is 9.88 Å². The fourth-order valence-electron chi connectivity index (χ4n) is 2.34. The number of imidazole rings is 1. The Morgan fingerprint density at radius 2 is 1.89 bits per heavy atom. The number of nitrogens with zero attached hydrogens (tertiary/aromatic N) is 6. The number of aryl methyl sites for hydroxylation is 1. The van der Waals surface area contributed by atoms with Crippen LogP contribution >= 0.6 is 0 Å². The first-order chi connectivity index (χ1) is 9.33. The van der Waals surface area contributed by atoms with Crippen molar-refractivity contribution < 1.29 is 0 Å². The van der Waals surface area contributed by atoms with Crippen LogP contribution in [0.4, 0.5) is 5.82 Å². The maximum Gasteiger partial charge on any atom is 0.147 e. The van der Waals surface area contributed by atoms with Gasteiger partial charge in [0.25, 0.3) is 0 Å². The van der Waals surface area contributed by atoms with Gasteiger partial charge in [-0.15, -0.1) is 0 Å². The molecular weight excluding hydrogens is 240 g/mol. The molecule has 0 saturated carbocycles. The molecule has 0 radical (unpaired) electrons. The molecule has 1 fully saturated rings. The number of piperazine rings is 1. The summed E-state index contributed by atoms with van der Waals surface area (Å²) in [5.74, 6) is 2.09. The topological polar surface area (TPSA) is 50.1 Å². The lowest BCUT2D eigenvalue weighted by Crippen LogP contribution is -2.46. The maximum atomic E-state index is 4.37. The first-order valence-corrected chi connectivity index (χ1v) is 6.52. The summed E-state index contributed by atoms with van der Waals surface area (Å²) < 4.78 is 2.08. The van der Waals surface area contributed by atoms with E-state index in [-0.39, 0.29) is 0 Å². The van der Waals surface area contributed by atoms with E-state index in [0.717, 1.165) is 44.4 Å². The van der Waals surface area contributed by atoms with Crippen molar-refractivity contribution >= 4 is 5.82 Å². The van der Waals surface area contributed by atoms with Crippen LogP contribution in [0, 0.1) is 0 Å². The highest BCUT2D eigenvalue weighted by Crippen LogP contribution is 2.12. The van der Waals surface area contributed by atoms with Crippen LogP contribution in [0.25, 0.3) is 0 Å². The van der Waals surface area contributed by atoms with Crippen molar-refractivity contribution in [1.29, 1.82) is 0 Å². The molecule has 0 N–H and O–H groups in total. The monoisotopic (exact) mass is 258 g/mol. The zero-order valence-electron chi connectivity index (χ0n) is 11.1. The largest absolute Gasteiger partial charge is 0.353 e. The van der Waals surface area contributed by atoms with E-state index in [1.54, 1.807) is 12.4 Å². The SMILES string of the molecule is Cn1ccnc1CN1CCN(c2cnccn2)CC1. The van der Waals surface area contributed by atoms with E-state index in [2.05, 4.69) is 29.3 Å². The Morgan fingerprint density at radius 1 is 1.05 bits per heavy atom. The van der Waals surface area contributed by atoms with Gasteiger partial charge < -0.3 is 9.47 Å². The average molecular weight is 258 g/mol. The fourth-order valence-corrected chi connectivity index (χ4v) is 2.34. The Labute approximate surface area is 112 Å². The normalized spacial score (nSPS) is 16.8. The van der Waals surface area contributed by atoms with Crippen molar-refractivity contribution in [3.63, 3.8) is 0 Å². The molecule has 1 aliphatic heterocycles.